The molecule has 0 spiro atoms. The Kier molecular flexibility index (Phi) is 3.83. The number of aliphatic hydroxyl groups excluding tert-OH is 1. The van der Waals surface area contributed by atoms with E-state index in [0.29, 0.717) is 23.3 Å². The average molecular weight is 372 g/mol. The summed E-state index contributed by atoms with van der Waals surface area (Å²) in [4.78, 5) is 12.7. The van der Waals surface area contributed by atoms with Gasteiger partial charge in [0, 0.05) is 18.1 Å². The molecule has 2 heterocycles. The molecule has 2 aromatic rings. The van der Waals surface area contributed by atoms with E-state index in [0.717, 1.165) is 0 Å². The minimum absolute atomic E-state index is 0.0516. The largest absolute Gasteiger partial charge is 0.508 e. The van der Waals surface area contributed by atoms with Gasteiger partial charge in [-0.2, -0.15) is 0 Å². The standard InChI is InChI=1S/C20H20O7/c1-20(2,25)14-7-11-13(26-14)8-12(22)15-16(23)17(24)18(27-19(11)15)9-3-5-10(21)6-4-9/h3-6,8,14,17-18,21-22,24-25H,7H2,1-2H3. The second-order valence-electron chi connectivity index (χ2n) is 7.48. The maximum atomic E-state index is 12.7. The molecule has 0 radical (unpaired) electrons. The van der Waals surface area contributed by atoms with Gasteiger partial charge < -0.3 is 29.9 Å². The summed E-state index contributed by atoms with van der Waals surface area (Å²) in [6.07, 6.45) is -2.75. The topological polar surface area (TPSA) is 116 Å². The molecule has 2 aliphatic heterocycles. The number of carbonyl (C=O) groups excluding carboxylic acids is 1. The molecule has 4 rings (SSSR count). The molecule has 7 heteroatoms. The van der Waals surface area contributed by atoms with Gasteiger partial charge in [0.2, 0.25) is 5.78 Å². The summed E-state index contributed by atoms with van der Waals surface area (Å²) in [5, 5.41) is 40.5. The first-order chi connectivity index (χ1) is 12.7. The van der Waals surface area contributed by atoms with E-state index in [1.807, 2.05) is 0 Å². The summed E-state index contributed by atoms with van der Waals surface area (Å²) in [5.41, 5.74) is -0.139. The van der Waals surface area contributed by atoms with Crippen LogP contribution in [0, 0.1) is 0 Å². The fraction of sp³-hybridized carbons (Fsp3) is 0.350. The first-order valence-corrected chi connectivity index (χ1v) is 8.62. The van der Waals surface area contributed by atoms with Crippen LogP contribution in [0.4, 0.5) is 0 Å². The summed E-state index contributed by atoms with van der Waals surface area (Å²) >= 11 is 0. The van der Waals surface area contributed by atoms with Crippen LogP contribution in [0.15, 0.2) is 30.3 Å². The monoisotopic (exact) mass is 372 g/mol. The Balaban J connectivity index is 1.80. The van der Waals surface area contributed by atoms with Gasteiger partial charge in [-0.1, -0.05) is 12.1 Å². The molecule has 4 N–H and O–H groups in total. The van der Waals surface area contributed by atoms with E-state index in [1.165, 1.54) is 18.2 Å². The molecule has 7 nitrogen and oxygen atoms in total. The molecule has 0 bridgehead atoms. The summed E-state index contributed by atoms with van der Waals surface area (Å²) in [7, 11) is 0. The van der Waals surface area contributed by atoms with Gasteiger partial charge in [-0.05, 0) is 31.5 Å². The maximum absolute atomic E-state index is 12.7. The third kappa shape index (κ3) is 2.79. The number of ether oxygens (including phenoxy) is 2. The van der Waals surface area contributed by atoms with Crippen LogP contribution in [0.1, 0.15) is 41.4 Å². The van der Waals surface area contributed by atoms with Crippen LogP contribution in [-0.4, -0.2) is 44.0 Å². The van der Waals surface area contributed by atoms with Crippen molar-refractivity contribution < 1.29 is 34.7 Å². The Morgan fingerprint density at radius 3 is 2.41 bits per heavy atom. The molecule has 0 aromatic heterocycles. The van der Waals surface area contributed by atoms with Crippen molar-refractivity contribution in [1.29, 1.82) is 0 Å². The van der Waals surface area contributed by atoms with Crippen LogP contribution in [0.25, 0.3) is 0 Å². The highest BCUT2D eigenvalue weighted by Gasteiger charge is 2.44. The van der Waals surface area contributed by atoms with Crippen molar-refractivity contribution in [2.45, 2.75) is 44.2 Å². The Labute approximate surface area is 155 Å². The lowest BCUT2D eigenvalue weighted by molar-refractivity contribution is -0.0230. The molecule has 2 aromatic carbocycles. The third-order valence-electron chi connectivity index (χ3n) is 5.04. The molecule has 0 fully saturated rings. The van der Waals surface area contributed by atoms with Crippen molar-refractivity contribution >= 4 is 5.78 Å². The molecule has 2 aliphatic rings. The van der Waals surface area contributed by atoms with Gasteiger partial charge in [0.25, 0.3) is 0 Å². The normalized spacial score (nSPS) is 24.0. The Bertz CT molecular complexity index is 911. The number of ketones is 1. The zero-order valence-corrected chi connectivity index (χ0v) is 14.8. The van der Waals surface area contributed by atoms with Gasteiger partial charge in [-0.3, -0.25) is 4.79 Å². The summed E-state index contributed by atoms with van der Waals surface area (Å²) < 4.78 is 11.7. The number of carbonyl (C=O) groups is 1. The minimum atomic E-state index is -1.50. The van der Waals surface area contributed by atoms with Gasteiger partial charge in [-0.15, -0.1) is 0 Å². The minimum Gasteiger partial charge on any atom is -0.508 e. The molecule has 0 saturated carbocycles. The second-order valence-corrected chi connectivity index (χ2v) is 7.48. The zero-order chi connectivity index (χ0) is 19.5. The van der Waals surface area contributed by atoms with Crippen LogP contribution in [-0.2, 0) is 6.42 Å². The van der Waals surface area contributed by atoms with Gasteiger partial charge in [0.15, 0.2) is 12.2 Å². The molecule has 27 heavy (non-hydrogen) atoms. The van der Waals surface area contributed by atoms with E-state index in [9.17, 15) is 25.2 Å². The Morgan fingerprint density at radius 2 is 1.78 bits per heavy atom. The molecular formula is C20H20O7. The number of hydrogen-bond acceptors (Lipinski definition) is 7. The lowest BCUT2D eigenvalue weighted by atomic mass is 9.89. The van der Waals surface area contributed by atoms with E-state index >= 15 is 0 Å². The van der Waals surface area contributed by atoms with Gasteiger partial charge in [0.05, 0.1) is 5.60 Å². The van der Waals surface area contributed by atoms with Crippen molar-refractivity contribution in [1.82, 2.24) is 0 Å². The fourth-order valence-electron chi connectivity index (χ4n) is 3.49. The highest BCUT2D eigenvalue weighted by atomic mass is 16.5. The number of phenolic OH excluding ortho intramolecular Hbond substituents is 2. The summed E-state index contributed by atoms with van der Waals surface area (Å²) in [6, 6.07) is 7.30. The van der Waals surface area contributed by atoms with Crippen LogP contribution in [0.3, 0.4) is 0 Å². The number of hydrogen-bond donors (Lipinski definition) is 4. The van der Waals surface area contributed by atoms with Crippen LogP contribution in [0.5, 0.6) is 23.0 Å². The van der Waals surface area contributed by atoms with Crippen molar-refractivity contribution in [3.63, 3.8) is 0 Å². The van der Waals surface area contributed by atoms with E-state index in [1.54, 1.807) is 26.0 Å². The van der Waals surface area contributed by atoms with E-state index in [4.69, 9.17) is 9.47 Å². The van der Waals surface area contributed by atoms with E-state index in [2.05, 4.69) is 0 Å². The third-order valence-corrected chi connectivity index (χ3v) is 5.04. The predicted molar refractivity (Wildman–Crippen MR) is 94.3 cm³/mol. The molecule has 142 valence electrons. The smallest absolute Gasteiger partial charge is 0.202 e. The Hall–Kier alpha value is -2.77. The number of rotatable bonds is 2. The molecular weight excluding hydrogens is 352 g/mol. The van der Waals surface area contributed by atoms with Crippen LogP contribution in [0.2, 0.25) is 0 Å². The van der Waals surface area contributed by atoms with Crippen molar-refractivity contribution in [3.8, 4) is 23.0 Å². The van der Waals surface area contributed by atoms with Crippen molar-refractivity contribution in [2.24, 2.45) is 0 Å². The lowest BCUT2D eigenvalue weighted by Gasteiger charge is -2.31. The van der Waals surface area contributed by atoms with Crippen molar-refractivity contribution in [3.05, 3.63) is 47.0 Å². The SMILES string of the molecule is CC(C)(O)C1Cc2c(cc(O)c3c2OC(c2ccc(O)cc2)C(O)C3=O)O1. The Morgan fingerprint density at radius 1 is 1.11 bits per heavy atom. The van der Waals surface area contributed by atoms with Crippen LogP contribution >= 0.6 is 0 Å². The number of benzene rings is 2. The quantitative estimate of drug-likeness (QED) is 0.636. The zero-order valence-electron chi connectivity index (χ0n) is 14.8. The number of aromatic hydroxyl groups is 2. The molecule has 0 amide bonds. The lowest BCUT2D eigenvalue weighted by Crippen LogP contribution is -2.39. The van der Waals surface area contributed by atoms with Gasteiger partial charge >= 0.3 is 0 Å². The highest BCUT2D eigenvalue weighted by molar-refractivity contribution is 6.06. The number of phenols is 2. The average Bonchev–Trinajstić information content (AvgIpc) is 3.03. The van der Waals surface area contributed by atoms with Crippen molar-refractivity contribution in [2.75, 3.05) is 0 Å². The predicted octanol–water partition coefficient (Wildman–Crippen LogP) is 1.85. The fourth-order valence-corrected chi connectivity index (χ4v) is 3.49. The van der Waals surface area contributed by atoms with E-state index < -0.39 is 29.7 Å². The first kappa shape index (κ1) is 17.6. The summed E-state index contributed by atoms with van der Waals surface area (Å²) in [6.45, 7) is 3.23. The number of fused-ring (bicyclic) bond motifs is 3. The number of Topliss-reactive ketones (excluding diaryl/α,β-unsaturated/α-hetero) is 1. The molecule has 3 atom stereocenters. The van der Waals surface area contributed by atoms with Gasteiger partial charge in [0.1, 0.15) is 34.7 Å². The summed E-state index contributed by atoms with van der Waals surface area (Å²) in [5.74, 6) is -0.442. The van der Waals surface area contributed by atoms with E-state index in [-0.39, 0.29) is 22.8 Å². The number of aliphatic hydroxyl groups is 2. The molecule has 0 aliphatic carbocycles. The second kappa shape index (κ2) is 5.87. The molecule has 3 unspecified atom stereocenters. The maximum Gasteiger partial charge on any atom is 0.202 e. The molecule has 0 saturated heterocycles. The van der Waals surface area contributed by atoms with Crippen LogP contribution < -0.4 is 9.47 Å². The highest BCUT2D eigenvalue weighted by Crippen LogP contribution is 2.49. The first-order valence-electron chi connectivity index (χ1n) is 8.62. The van der Waals surface area contributed by atoms with Gasteiger partial charge in [-0.25, -0.2) is 0 Å².